The Balaban J connectivity index is 0.00000264. The van der Waals surface area contributed by atoms with Crippen molar-refractivity contribution < 1.29 is 9.18 Å². The molecule has 7 heteroatoms. The first-order chi connectivity index (χ1) is 10.4. The number of rotatable bonds is 5. The summed E-state index contributed by atoms with van der Waals surface area (Å²) in [5.41, 5.74) is 2.10. The van der Waals surface area contributed by atoms with Gasteiger partial charge in [-0.15, -0.1) is 12.4 Å². The molecule has 1 amide bonds. The largest absolute Gasteiger partial charge is 0.348 e. The van der Waals surface area contributed by atoms with Crippen LogP contribution in [-0.4, -0.2) is 22.7 Å². The zero-order valence-corrected chi connectivity index (χ0v) is 14.4. The van der Waals surface area contributed by atoms with Gasteiger partial charge in [0.25, 0.3) is 0 Å². The van der Waals surface area contributed by atoms with Gasteiger partial charge in [-0.05, 0) is 38.1 Å². The molecule has 2 N–H and O–H groups in total. The zero-order chi connectivity index (χ0) is 16.3. The molecule has 0 saturated heterocycles. The lowest BCUT2D eigenvalue weighted by molar-refractivity contribution is -0.123. The van der Waals surface area contributed by atoms with Gasteiger partial charge in [0.1, 0.15) is 11.9 Å². The second kappa shape index (κ2) is 8.08. The van der Waals surface area contributed by atoms with Gasteiger partial charge in [-0.1, -0.05) is 12.1 Å². The normalized spacial score (nSPS) is 13.1. The summed E-state index contributed by atoms with van der Waals surface area (Å²) < 4.78 is 15.3. The molecule has 2 atom stereocenters. The van der Waals surface area contributed by atoms with E-state index in [4.69, 9.17) is 0 Å². The molecule has 0 fully saturated rings. The first kappa shape index (κ1) is 19.1. The third-order valence-corrected chi connectivity index (χ3v) is 3.66. The quantitative estimate of drug-likeness (QED) is 0.879. The van der Waals surface area contributed by atoms with Crippen LogP contribution < -0.4 is 10.6 Å². The number of halogens is 2. The highest BCUT2D eigenvalue weighted by atomic mass is 35.5. The lowest BCUT2D eigenvalue weighted by atomic mass is 10.0. The molecule has 0 saturated carbocycles. The fourth-order valence-electron chi connectivity index (χ4n) is 2.30. The molecule has 1 heterocycles. The van der Waals surface area contributed by atoms with Crippen molar-refractivity contribution in [2.75, 3.05) is 7.05 Å². The third kappa shape index (κ3) is 4.53. The van der Waals surface area contributed by atoms with Gasteiger partial charge in [-0.25, -0.2) is 4.39 Å². The maximum atomic E-state index is 13.6. The van der Waals surface area contributed by atoms with Gasteiger partial charge < -0.3 is 10.6 Å². The van der Waals surface area contributed by atoms with E-state index in [0.29, 0.717) is 5.56 Å². The number of amides is 1. The molecule has 126 valence electrons. The van der Waals surface area contributed by atoms with Crippen LogP contribution in [0.1, 0.15) is 35.7 Å². The second-order valence-electron chi connectivity index (χ2n) is 5.41. The van der Waals surface area contributed by atoms with Crippen molar-refractivity contribution in [2.45, 2.75) is 25.9 Å². The number of nitrogens with one attached hydrogen (secondary N) is 2. The minimum Gasteiger partial charge on any atom is -0.348 e. The van der Waals surface area contributed by atoms with Crippen molar-refractivity contribution in [3.8, 4) is 0 Å². The molecule has 2 unspecified atom stereocenters. The number of carbonyl (C=O) groups excluding carboxylic acids is 1. The summed E-state index contributed by atoms with van der Waals surface area (Å²) in [5.74, 6) is -0.444. The molecule has 1 aromatic carbocycles. The smallest absolute Gasteiger partial charge is 0.242 e. The van der Waals surface area contributed by atoms with Crippen molar-refractivity contribution in [2.24, 2.45) is 7.05 Å². The molecule has 0 bridgehead atoms. The monoisotopic (exact) mass is 340 g/mol. The van der Waals surface area contributed by atoms with E-state index >= 15 is 0 Å². The van der Waals surface area contributed by atoms with E-state index in [2.05, 4.69) is 15.7 Å². The van der Waals surface area contributed by atoms with Gasteiger partial charge in [0.2, 0.25) is 5.91 Å². The molecule has 2 aromatic rings. The minimum atomic E-state index is -0.494. The summed E-state index contributed by atoms with van der Waals surface area (Å²) in [5, 5.41) is 9.94. The number of likely N-dealkylation sites (N-methyl/N-ethyl adjacent to an activating group) is 1. The molecule has 2 rings (SSSR count). The van der Waals surface area contributed by atoms with Gasteiger partial charge >= 0.3 is 0 Å². The van der Waals surface area contributed by atoms with Crippen LogP contribution in [0.4, 0.5) is 4.39 Å². The number of aromatic nitrogens is 2. The van der Waals surface area contributed by atoms with E-state index in [1.807, 2.05) is 13.0 Å². The fraction of sp³-hybridized carbons (Fsp3) is 0.375. The lowest BCUT2D eigenvalue weighted by Crippen LogP contribution is -2.37. The highest BCUT2D eigenvalue weighted by Gasteiger charge is 2.22. The molecule has 0 aliphatic rings. The molecular formula is C16H22ClFN4O. The molecular weight excluding hydrogens is 319 g/mol. The molecule has 0 radical (unpaired) electrons. The lowest BCUT2D eigenvalue weighted by Gasteiger charge is -2.19. The minimum absolute atomic E-state index is 0. The van der Waals surface area contributed by atoms with E-state index in [0.717, 1.165) is 11.1 Å². The van der Waals surface area contributed by atoms with Crippen LogP contribution in [0, 0.1) is 12.7 Å². The molecule has 5 nitrogen and oxygen atoms in total. The predicted octanol–water partition coefficient (Wildman–Crippen LogP) is 2.43. The van der Waals surface area contributed by atoms with Crippen LogP contribution >= 0.6 is 12.4 Å². The maximum absolute atomic E-state index is 13.6. The zero-order valence-electron chi connectivity index (χ0n) is 13.6. The predicted molar refractivity (Wildman–Crippen MR) is 90.0 cm³/mol. The van der Waals surface area contributed by atoms with E-state index in [1.165, 1.54) is 6.07 Å². The fourth-order valence-corrected chi connectivity index (χ4v) is 2.30. The number of benzene rings is 1. The number of nitrogens with zero attached hydrogens (tertiary/aromatic N) is 2. The van der Waals surface area contributed by atoms with Crippen molar-refractivity contribution in [1.82, 2.24) is 20.4 Å². The van der Waals surface area contributed by atoms with Gasteiger partial charge in [-0.2, -0.15) is 5.10 Å². The van der Waals surface area contributed by atoms with E-state index in [1.54, 1.807) is 44.2 Å². The van der Waals surface area contributed by atoms with Crippen LogP contribution in [0.25, 0.3) is 0 Å². The Bertz CT molecular complexity index is 674. The number of hydrogen-bond donors (Lipinski definition) is 2. The highest BCUT2D eigenvalue weighted by Crippen LogP contribution is 2.18. The van der Waals surface area contributed by atoms with Crippen molar-refractivity contribution in [3.63, 3.8) is 0 Å². The Morgan fingerprint density at radius 2 is 2.04 bits per heavy atom. The maximum Gasteiger partial charge on any atom is 0.242 e. The second-order valence-corrected chi connectivity index (χ2v) is 5.41. The molecule has 0 aliphatic heterocycles. The van der Waals surface area contributed by atoms with Crippen molar-refractivity contribution >= 4 is 18.3 Å². The summed E-state index contributed by atoms with van der Waals surface area (Å²) >= 11 is 0. The van der Waals surface area contributed by atoms with E-state index in [9.17, 15) is 9.18 Å². The topological polar surface area (TPSA) is 59.0 Å². The number of aryl methyl sites for hydroxylation is 2. The Morgan fingerprint density at radius 1 is 1.35 bits per heavy atom. The molecule has 0 aliphatic carbocycles. The summed E-state index contributed by atoms with van der Waals surface area (Å²) in [4.78, 5) is 12.4. The average Bonchev–Trinajstić information content (AvgIpc) is 2.89. The Morgan fingerprint density at radius 3 is 2.57 bits per heavy atom. The van der Waals surface area contributed by atoms with Crippen LogP contribution in [0.5, 0.6) is 0 Å². The van der Waals surface area contributed by atoms with Crippen LogP contribution in [-0.2, 0) is 11.8 Å². The van der Waals surface area contributed by atoms with Gasteiger partial charge in [0, 0.05) is 18.8 Å². The Labute approximate surface area is 141 Å². The Kier molecular flexibility index (Phi) is 6.72. The van der Waals surface area contributed by atoms with Gasteiger partial charge in [-0.3, -0.25) is 9.48 Å². The Hall–Kier alpha value is -1.92. The van der Waals surface area contributed by atoms with Gasteiger partial charge in [0.05, 0.1) is 12.2 Å². The van der Waals surface area contributed by atoms with Gasteiger partial charge in [0.15, 0.2) is 0 Å². The SMILES string of the molecule is CNC(C(=O)NC(C)c1ccc(C)c(F)c1)c1cnn(C)c1.Cl. The summed E-state index contributed by atoms with van der Waals surface area (Å²) in [6.07, 6.45) is 3.44. The number of carbonyl (C=O) groups is 1. The number of hydrogen-bond acceptors (Lipinski definition) is 3. The summed E-state index contributed by atoms with van der Waals surface area (Å²) in [6, 6.07) is 4.21. The molecule has 23 heavy (non-hydrogen) atoms. The van der Waals surface area contributed by atoms with Crippen LogP contribution in [0.2, 0.25) is 0 Å². The standard InChI is InChI=1S/C16H21FN4O.ClH/c1-10-5-6-12(7-14(10)17)11(2)20-16(22)15(18-3)13-8-19-21(4)9-13;/h5-9,11,15,18H,1-4H3,(H,20,22);1H. The summed E-state index contributed by atoms with van der Waals surface area (Å²) in [6.45, 7) is 3.54. The van der Waals surface area contributed by atoms with Crippen LogP contribution in [0.15, 0.2) is 30.6 Å². The van der Waals surface area contributed by atoms with Crippen LogP contribution in [0.3, 0.4) is 0 Å². The highest BCUT2D eigenvalue weighted by molar-refractivity contribution is 5.85. The van der Waals surface area contributed by atoms with E-state index < -0.39 is 6.04 Å². The average molecular weight is 341 g/mol. The van der Waals surface area contributed by atoms with Crippen molar-refractivity contribution in [1.29, 1.82) is 0 Å². The molecule has 0 spiro atoms. The van der Waals surface area contributed by atoms with Crippen molar-refractivity contribution in [3.05, 3.63) is 53.1 Å². The molecule has 1 aromatic heterocycles. The third-order valence-electron chi connectivity index (χ3n) is 3.66. The van der Waals surface area contributed by atoms with E-state index in [-0.39, 0.29) is 30.2 Å². The summed E-state index contributed by atoms with van der Waals surface area (Å²) in [7, 11) is 3.51. The first-order valence-corrected chi connectivity index (χ1v) is 7.14. The first-order valence-electron chi connectivity index (χ1n) is 7.14.